The van der Waals surface area contributed by atoms with Crippen LogP contribution in [0.2, 0.25) is 0 Å². The third-order valence-corrected chi connectivity index (χ3v) is 4.90. The van der Waals surface area contributed by atoms with Gasteiger partial charge in [-0.3, -0.25) is 4.90 Å². The van der Waals surface area contributed by atoms with Gasteiger partial charge in [0.15, 0.2) is 0 Å². The molecule has 0 N–H and O–H groups in total. The molecule has 1 aliphatic heterocycles. The number of halogens is 3. The lowest BCUT2D eigenvalue weighted by Gasteiger charge is -2.36. The molecular formula is C10H16ClF2NS. The van der Waals surface area contributed by atoms with Crippen LogP contribution in [0.5, 0.6) is 0 Å². The smallest absolute Gasteiger partial charge is 0.255 e. The largest absolute Gasteiger partial charge is 0.297 e. The van der Waals surface area contributed by atoms with E-state index in [0.29, 0.717) is 12.4 Å². The summed E-state index contributed by atoms with van der Waals surface area (Å²) in [6, 6.07) is 0.277. The standard InChI is InChI=1S/C10H16ClF2NS/c1-9(6-10(9,12)13)7-14-2-3-15-5-8(14)4-11/h8H,2-7H2,1H3. The van der Waals surface area contributed by atoms with E-state index in [1.807, 2.05) is 11.8 Å². The number of thioether (sulfide) groups is 1. The summed E-state index contributed by atoms with van der Waals surface area (Å²) in [6.07, 6.45) is 0.0403. The molecule has 1 aliphatic carbocycles. The quantitative estimate of drug-likeness (QED) is 0.714. The molecule has 0 aromatic carbocycles. The van der Waals surface area contributed by atoms with Crippen LogP contribution in [0.3, 0.4) is 0 Å². The molecule has 1 saturated heterocycles. The van der Waals surface area contributed by atoms with E-state index in [4.69, 9.17) is 11.6 Å². The van der Waals surface area contributed by atoms with E-state index in [0.717, 1.165) is 18.1 Å². The first-order valence-electron chi connectivity index (χ1n) is 5.24. The van der Waals surface area contributed by atoms with Gasteiger partial charge in [0.05, 0.1) is 0 Å². The first-order chi connectivity index (χ1) is 6.98. The molecule has 0 amide bonds. The van der Waals surface area contributed by atoms with E-state index in [-0.39, 0.29) is 12.5 Å². The number of hydrogen-bond donors (Lipinski definition) is 0. The van der Waals surface area contributed by atoms with Crippen molar-refractivity contribution in [1.29, 1.82) is 0 Å². The van der Waals surface area contributed by atoms with Crippen LogP contribution in [0, 0.1) is 5.41 Å². The van der Waals surface area contributed by atoms with Gasteiger partial charge in [-0.25, -0.2) is 8.78 Å². The zero-order valence-electron chi connectivity index (χ0n) is 8.81. The van der Waals surface area contributed by atoms with Gasteiger partial charge >= 0.3 is 0 Å². The average molecular weight is 256 g/mol. The Kier molecular flexibility index (Phi) is 3.21. The zero-order valence-corrected chi connectivity index (χ0v) is 10.4. The van der Waals surface area contributed by atoms with Gasteiger partial charge in [-0.05, 0) is 0 Å². The Labute approximate surface area is 98.5 Å². The molecule has 2 rings (SSSR count). The molecule has 1 saturated carbocycles. The molecule has 0 bridgehead atoms. The van der Waals surface area contributed by atoms with Gasteiger partial charge in [0.25, 0.3) is 5.92 Å². The number of nitrogens with zero attached hydrogens (tertiary/aromatic N) is 1. The molecule has 2 fully saturated rings. The Morgan fingerprint density at radius 1 is 1.53 bits per heavy atom. The number of rotatable bonds is 3. The summed E-state index contributed by atoms with van der Waals surface area (Å²) < 4.78 is 26.2. The van der Waals surface area contributed by atoms with Crippen LogP contribution >= 0.6 is 23.4 Å². The SMILES string of the molecule is CC1(CN2CCSCC2CCl)CC1(F)F. The van der Waals surface area contributed by atoms with Gasteiger partial charge in [-0.2, -0.15) is 11.8 Å². The molecule has 0 aromatic heterocycles. The lowest BCUT2D eigenvalue weighted by Crippen LogP contribution is -2.46. The lowest BCUT2D eigenvalue weighted by atomic mass is 10.1. The van der Waals surface area contributed by atoms with E-state index in [1.54, 1.807) is 6.92 Å². The molecule has 0 spiro atoms. The van der Waals surface area contributed by atoms with Gasteiger partial charge in [-0.1, -0.05) is 6.92 Å². The van der Waals surface area contributed by atoms with Crippen molar-refractivity contribution in [2.75, 3.05) is 30.5 Å². The van der Waals surface area contributed by atoms with Crippen molar-refractivity contribution in [3.05, 3.63) is 0 Å². The number of alkyl halides is 3. The molecule has 5 heteroatoms. The normalized spacial score (nSPS) is 40.4. The average Bonchev–Trinajstić information content (AvgIpc) is 2.66. The summed E-state index contributed by atoms with van der Waals surface area (Å²) in [5.41, 5.74) is -0.792. The predicted octanol–water partition coefficient (Wildman–Crippen LogP) is 2.69. The molecular weight excluding hydrogens is 240 g/mol. The first-order valence-corrected chi connectivity index (χ1v) is 6.93. The monoisotopic (exact) mass is 255 g/mol. The number of hydrogen-bond acceptors (Lipinski definition) is 2. The van der Waals surface area contributed by atoms with E-state index in [2.05, 4.69) is 4.90 Å². The van der Waals surface area contributed by atoms with Crippen molar-refractivity contribution in [3.8, 4) is 0 Å². The minimum Gasteiger partial charge on any atom is -0.297 e. The Hall–Kier alpha value is 0.460. The molecule has 1 nitrogen and oxygen atoms in total. The highest BCUT2D eigenvalue weighted by Gasteiger charge is 2.68. The molecule has 0 aromatic rings. The van der Waals surface area contributed by atoms with Crippen LogP contribution < -0.4 is 0 Å². The summed E-state index contributed by atoms with van der Waals surface area (Å²) in [7, 11) is 0. The van der Waals surface area contributed by atoms with Crippen molar-refractivity contribution in [1.82, 2.24) is 4.90 Å². The highest BCUT2D eigenvalue weighted by Crippen LogP contribution is 2.60. The van der Waals surface area contributed by atoms with E-state index < -0.39 is 11.3 Å². The van der Waals surface area contributed by atoms with Gasteiger partial charge in [0.2, 0.25) is 0 Å². The fourth-order valence-corrected chi connectivity index (χ4v) is 3.67. The van der Waals surface area contributed by atoms with Gasteiger partial charge in [-0.15, -0.1) is 11.6 Å². The summed E-state index contributed by atoms with van der Waals surface area (Å²) in [5, 5.41) is 0. The minimum absolute atomic E-state index is 0.0403. The van der Waals surface area contributed by atoms with E-state index >= 15 is 0 Å². The lowest BCUT2D eigenvalue weighted by molar-refractivity contribution is 0.0488. The van der Waals surface area contributed by atoms with Crippen LogP contribution in [0.1, 0.15) is 13.3 Å². The molecule has 2 unspecified atom stereocenters. The van der Waals surface area contributed by atoms with Crippen molar-refractivity contribution in [2.24, 2.45) is 5.41 Å². The Bertz CT molecular complexity index is 252. The van der Waals surface area contributed by atoms with Crippen LogP contribution in [0.15, 0.2) is 0 Å². The maximum absolute atomic E-state index is 13.1. The van der Waals surface area contributed by atoms with Crippen molar-refractivity contribution in [2.45, 2.75) is 25.3 Å². The maximum atomic E-state index is 13.1. The second kappa shape index (κ2) is 4.04. The van der Waals surface area contributed by atoms with Crippen molar-refractivity contribution in [3.63, 3.8) is 0 Å². The van der Waals surface area contributed by atoms with Crippen molar-refractivity contribution >= 4 is 23.4 Å². The summed E-state index contributed by atoms with van der Waals surface area (Å²) in [4.78, 5) is 2.14. The summed E-state index contributed by atoms with van der Waals surface area (Å²) in [6.45, 7) is 3.08. The predicted molar refractivity (Wildman–Crippen MR) is 61.1 cm³/mol. The fourth-order valence-electron chi connectivity index (χ4n) is 2.11. The van der Waals surface area contributed by atoms with Gasteiger partial charge in [0.1, 0.15) is 0 Å². The molecule has 1 heterocycles. The third kappa shape index (κ3) is 2.27. The second-order valence-corrected chi connectivity index (χ2v) is 6.25. The Morgan fingerprint density at radius 2 is 2.20 bits per heavy atom. The molecule has 88 valence electrons. The topological polar surface area (TPSA) is 3.24 Å². The van der Waals surface area contributed by atoms with Gasteiger partial charge < -0.3 is 0 Å². The maximum Gasteiger partial charge on any atom is 0.255 e. The highest BCUT2D eigenvalue weighted by molar-refractivity contribution is 7.99. The van der Waals surface area contributed by atoms with Crippen molar-refractivity contribution < 1.29 is 8.78 Å². The summed E-state index contributed by atoms with van der Waals surface area (Å²) >= 11 is 7.72. The molecule has 2 aliphatic rings. The van der Waals surface area contributed by atoms with E-state index in [1.165, 1.54) is 0 Å². The van der Waals surface area contributed by atoms with E-state index in [9.17, 15) is 8.78 Å². The Balaban J connectivity index is 1.93. The van der Waals surface area contributed by atoms with Crippen LogP contribution in [-0.4, -0.2) is 47.3 Å². The fraction of sp³-hybridized carbons (Fsp3) is 1.00. The summed E-state index contributed by atoms with van der Waals surface area (Å²) in [5.74, 6) is 0.114. The van der Waals surface area contributed by atoms with Crippen LogP contribution in [-0.2, 0) is 0 Å². The molecule has 2 atom stereocenters. The first kappa shape index (κ1) is 11.9. The Morgan fingerprint density at radius 3 is 2.73 bits per heavy atom. The second-order valence-electron chi connectivity index (χ2n) is 4.80. The molecule has 0 radical (unpaired) electrons. The highest BCUT2D eigenvalue weighted by atomic mass is 35.5. The minimum atomic E-state index is -2.45. The van der Waals surface area contributed by atoms with Gasteiger partial charge in [0, 0.05) is 48.4 Å². The van der Waals surface area contributed by atoms with Crippen LogP contribution in [0.25, 0.3) is 0 Å². The molecule has 15 heavy (non-hydrogen) atoms. The van der Waals surface area contributed by atoms with Crippen LogP contribution in [0.4, 0.5) is 8.78 Å². The third-order valence-electron chi connectivity index (χ3n) is 3.45. The zero-order chi connectivity index (χ0) is 11.1.